The molecular weight excluding hydrogens is 372 g/mol. The Morgan fingerprint density at radius 2 is 1.07 bits per heavy atom. The third kappa shape index (κ3) is 5.03. The van der Waals surface area contributed by atoms with E-state index < -0.39 is 61.4 Å². The summed E-state index contributed by atoms with van der Waals surface area (Å²) >= 11 is 0. The van der Waals surface area contributed by atoms with Crippen molar-refractivity contribution in [3.63, 3.8) is 0 Å². The molecule has 12 atom stereocenters. The van der Waals surface area contributed by atoms with Crippen molar-refractivity contribution in [1.29, 1.82) is 0 Å². The Hall–Kier alpha value is -0.360. The number of aliphatic hydroxyl groups excluding tert-OH is 4. The van der Waals surface area contributed by atoms with Gasteiger partial charge in [0.1, 0.15) is 18.3 Å². The molecule has 0 saturated carbocycles. The molecule has 164 valence electrons. The molecule has 4 N–H and O–H groups in total. The lowest BCUT2D eigenvalue weighted by atomic mass is 9.98. The maximum atomic E-state index is 10.6. The molecule has 0 radical (unpaired) electrons. The van der Waals surface area contributed by atoms with Crippen molar-refractivity contribution in [2.45, 2.75) is 121 Å². The molecule has 28 heavy (non-hydrogen) atoms. The van der Waals surface area contributed by atoms with E-state index in [1.807, 2.05) is 13.8 Å². The lowest BCUT2D eigenvalue weighted by Crippen LogP contribution is -2.56. The summed E-state index contributed by atoms with van der Waals surface area (Å²) in [6.45, 7) is 7.18. The first-order chi connectivity index (χ1) is 13.2. The van der Waals surface area contributed by atoms with E-state index in [1.54, 1.807) is 13.8 Å². The molecule has 0 spiro atoms. The van der Waals surface area contributed by atoms with Gasteiger partial charge in [-0.3, -0.25) is 0 Å². The third-order valence-corrected chi connectivity index (χ3v) is 5.80. The van der Waals surface area contributed by atoms with Gasteiger partial charge < -0.3 is 44.1 Å². The van der Waals surface area contributed by atoms with Crippen LogP contribution in [0.5, 0.6) is 0 Å². The first-order valence-electron chi connectivity index (χ1n) is 10.1. The average molecular weight is 406 g/mol. The summed E-state index contributed by atoms with van der Waals surface area (Å²) in [5.41, 5.74) is 0. The lowest BCUT2D eigenvalue weighted by molar-refractivity contribution is -0.326. The van der Waals surface area contributed by atoms with Crippen molar-refractivity contribution in [3.05, 3.63) is 0 Å². The molecule has 0 amide bonds. The molecule has 3 heterocycles. The quantitative estimate of drug-likeness (QED) is 0.496. The summed E-state index contributed by atoms with van der Waals surface area (Å²) < 4.78 is 28.9. The Kier molecular flexibility index (Phi) is 7.33. The van der Waals surface area contributed by atoms with E-state index in [9.17, 15) is 20.4 Å². The number of hydrogen-bond donors (Lipinski definition) is 4. The summed E-state index contributed by atoms with van der Waals surface area (Å²) in [6, 6.07) is 0. The molecule has 0 bridgehead atoms. The van der Waals surface area contributed by atoms with Gasteiger partial charge in [0, 0.05) is 19.3 Å². The highest BCUT2D eigenvalue weighted by Crippen LogP contribution is 2.31. The van der Waals surface area contributed by atoms with Gasteiger partial charge in [-0.2, -0.15) is 0 Å². The molecule has 3 rings (SSSR count). The second kappa shape index (κ2) is 9.20. The van der Waals surface area contributed by atoms with Crippen LogP contribution >= 0.6 is 0 Å². The fourth-order valence-electron chi connectivity index (χ4n) is 4.26. The van der Waals surface area contributed by atoms with Crippen molar-refractivity contribution in [1.82, 2.24) is 0 Å². The standard InChI is InChI=1S/C19H34O9/c1-8-5-13(21)18(10(3)24-8)28-16-7-14(22)19(11(4)26-16)27-15-6-12(20)17(23)9(2)25-15/h8-23H,5-7H2,1-4H3/t8-,9+,10+,11+,12-,13-,14-,15?,16?,17+,18+,19+/m0/s1. The van der Waals surface area contributed by atoms with Crippen LogP contribution in [-0.4, -0.2) is 94.0 Å². The maximum Gasteiger partial charge on any atom is 0.161 e. The van der Waals surface area contributed by atoms with Crippen molar-refractivity contribution in [2.24, 2.45) is 0 Å². The van der Waals surface area contributed by atoms with Crippen LogP contribution < -0.4 is 0 Å². The molecule has 3 saturated heterocycles. The molecule has 3 aliphatic heterocycles. The largest absolute Gasteiger partial charge is 0.390 e. The minimum atomic E-state index is -0.962. The summed E-state index contributed by atoms with van der Waals surface area (Å²) in [6.07, 6.45) is -6.67. The molecule has 2 unspecified atom stereocenters. The second-order valence-electron chi connectivity index (χ2n) is 8.29. The van der Waals surface area contributed by atoms with Gasteiger partial charge in [-0.05, 0) is 27.7 Å². The predicted molar refractivity (Wildman–Crippen MR) is 96.3 cm³/mol. The number of aliphatic hydroxyl groups is 4. The molecule has 0 aromatic heterocycles. The molecule has 3 fully saturated rings. The van der Waals surface area contributed by atoms with E-state index in [1.165, 1.54) is 0 Å². The van der Waals surface area contributed by atoms with Crippen molar-refractivity contribution in [3.8, 4) is 0 Å². The zero-order valence-electron chi connectivity index (χ0n) is 16.9. The topological polar surface area (TPSA) is 127 Å². The Balaban J connectivity index is 1.54. The Morgan fingerprint density at radius 1 is 0.607 bits per heavy atom. The van der Waals surface area contributed by atoms with E-state index in [2.05, 4.69) is 0 Å². The van der Waals surface area contributed by atoms with Crippen LogP contribution in [0.25, 0.3) is 0 Å². The van der Waals surface area contributed by atoms with E-state index in [0.29, 0.717) is 6.42 Å². The van der Waals surface area contributed by atoms with E-state index >= 15 is 0 Å². The average Bonchev–Trinajstić information content (AvgIpc) is 2.59. The van der Waals surface area contributed by atoms with Crippen LogP contribution in [0, 0.1) is 0 Å². The molecule has 3 aliphatic rings. The van der Waals surface area contributed by atoms with Crippen molar-refractivity contribution in [2.75, 3.05) is 0 Å². The number of ether oxygens (including phenoxy) is 5. The Bertz CT molecular complexity index is 470. The fraction of sp³-hybridized carbons (Fsp3) is 1.00. The van der Waals surface area contributed by atoms with Crippen LogP contribution in [0.4, 0.5) is 0 Å². The second-order valence-corrected chi connectivity index (χ2v) is 8.29. The Labute approximate surface area is 165 Å². The van der Waals surface area contributed by atoms with Crippen molar-refractivity contribution >= 4 is 0 Å². The fourth-order valence-corrected chi connectivity index (χ4v) is 4.26. The van der Waals surface area contributed by atoms with Crippen LogP contribution in [0.15, 0.2) is 0 Å². The predicted octanol–water partition coefficient (Wildman–Crippen LogP) is -0.332. The van der Waals surface area contributed by atoms with Gasteiger partial charge in [0.05, 0.1) is 42.7 Å². The normalized spacial score (nSPS) is 53.1. The highest BCUT2D eigenvalue weighted by atomic mass is 16.7. The molecule has 9 nitrogen and oxygen atoms in total. The summed E-state index contributed by atoms with van der Waals surface area (Å²) in [5, 5.41) is 40.6. The van der Waals surface area contributed by atoms with Gasteiger partial charge in [-0.1, -0.05) is 0 Å². The number of hydrogen-bond acceptors (Lipinski definition) is 9. The molecule has 0 aliphatic carbocycles. The van der Waals surface area contributed by atoms with E-state index in [0.717, 1.165) is 0 Å². The third-order valence-electron chi connectivity index (χ3n) is 5.80. The summed E-state index contributed by atoms with van der Waals surface area (Å²) in [7, 11) is 0. The molecular formula is C19H34O9. The zero-order chi connectivity index (χ0) is 20.6. The first-order valence-corrected chi connectivity index (χ1v) is 10.1. The maximum absolute atomic E-state index is 10.6. The number of rotatable bonds is 4. The van der Waals surface area contributed by atoms with Crippen LogP contribution in [-0.2, 0) is 23.7 Å². The molecule has 0 aromatic rings. The van der Waals surface area contributed by atoms with Gasteiger partial charge >= 0.3 is 0 Å². The van der Waals surface area contributed by atoms with Crippen LogP contribution in [0.3, 0.4) is 0 Å². The van der Waals surface area contributed by atoms with Gasteiger partial charge in [0.25, 0.3) is 0 Å². The Morgan fingerprint density at radius 3 is 1.57 bits per heavy atom. The zero-order valence-corrected chi connectivity index (χ0v) is 16.9. The van der Waals surface area contributed by atoms with Crippen LogP contribution in [0.1, 0.15) is 47.0 Å². The van der Waals surface area contributed by atoms with Gasteiger partial charge in [0.15, 0.2) is 12.6 Å². The summed E-state index contributed by atoms with van der Waals surface area (Å²) in [4.78, 5) is 0. The van der Waals surface area contributed by atoms with Crippen molar-refractivity contribution < 1.29 is 44.1 Å². The van der Waals surface area contributed by atoms with Gasteiger partial charge in [0.2, 0.25) is 0 Å². The first kappa shape index (κ1) is 22.3. The summed E-state index contributed by atoms with van der Waals surface area (Å²) in [5.74, 6) is 0. The van der Waals surface area contributed by atoms with Gasteiger partial charge in [-0.25, -0.2) is 0 Å². The minimum absolute atomic E-state index is 0.0360. The monoisotopic (exact) mass is 406 g/mol. The minimum Gasteiger partial charge on any atom is -0.390 e. The van der Waals surface area contributed by atoms with E-state index in [-0.39, 0.29) is 25.0 Å². The lowest BCUT2D eigenvalue weighted by Gasteiger charge is -2.44. The highest BCUT2D eigenvalue weighted by molar-refractivity contribution is 4.88. The van der Waals surface area contributed by atoms with E-state index in [4.69, 9.17) is 23.7 Å². The smallest absolute Gasteiger partial charge is 0.161 e. The van der Waals surface area contributed by atoms with Gasteiger partial charge in [-0.15, -0.1) is 0 Å². The highest BCUT2D eigenvalue weighted by Gasteiger charge is 2.44. The SMILES string of the molecule is C[C@H]1C[C@H](O)[C@H](OC2C[C@H](O)[C@H](OC3C[C@H](O)[C@H](O)[C@@H](C)O3)[C@@H](C)O2)[C@@H](C)O1. The molecule has 0 aromatic carbocycles. The molecule has 9 heteroatoms. The van der Waals surface area contributed by atoms with Crippen LogP contribution in [0.2, 0.25) is 0 Å².